The van der Waals surface area contributed by atoms with Crippen LogP contribution in [0.2, 0.25) is 5.02 Å². The van der Waals surface area contributed by atoms with Crippen LogP contribution in [0.5, 0.6) is 0 Å². The molecule has 4 heteroatoms. The van der Waals surface area contributed by atoms with Gasteiger partial charge >= 0.3 is 5.97 Å². The molecule has 0 aliphatic rings. The molecule has 0 unspecified atom stereocenters. The number of thiophene rings is 1. The van der Waals surface area contributed by atoms with Gasteiger partial charge < -0.3 is 5.11 Å². The van der Waals surface area contributed by atoms with Crippen molar-refractivity contribution in [2.24, 2.45) is 0 Å². The van der Waals surface area contributed by atoms with Gasteiger partial charge in [0.2, 0.25) is 0 Å². The summed E-state index contributed by atoms with van der Waals surface area (Å²) in [4.78, 5) is 10.4. The molecule has 0 bridgehead atoms. The van der Waals surface area contributed by atoms with Crippen molar-refractivity contribution in [3.05, 3.63) is 21.3 Å². The molecule has 0 saturated heterocycles. The van der Waals surface area contributed by atoms with Crippen LogP contribution >= 0.6 is 22.9 Å². The molecule has 0 aliphatic heterocycles. The van der Waals surface area contributed by atoms with Gasteiger partial charge in [-0.25, -0.2) is 4.79 Å². The fourth-order valence-corrected chi connectivity index (χ4v) is 1.34. The van der Waals surface area contributed by atoms with E-state index in [2.05, 4.69) is 0 Å². The number of hydrogen-bond donors (Lipinski definition) is 1. The molecule has 9 heavy (non-hydrogen) atoms. The standard InChI is InChI=1S/C5H3ClO2S/c6-3-1-4(5(7)8)9-2-3/h1-2H,(H,7,8). The summed E-state index contributed by atoms with van der Waals surface area (Å²) in [6.45, 7) is 0. The number of rotatable bonds is 1. The van der Waals surface area contributed by atoms with E-state index in [1.54, 1.807) is 5.38 Å². The van der Waals surface area contributed by atoms with E-state index >= 15 is 0 Å². The second kappa shape index (κ2) is 2.37. The number of aromatic carboxylic acids is 1. The van der Waals surface area contributed by atoms with Crippen molar-refractivity contribution in [1.29, 1.82) is 0 Å². The Balaban J connectivity index is 2.98. The molecule has 1 rings (SSSR count). The fraction of sp³-hybridized carbons (Fsp3) is 0. The van der Waals surface area contributed by atoms with Crippen molar-refractivity contribution in [3.8, 4) is 0 Å². The summed E-state index contributed by atoms with van der Waals surface area (Å²) in [5, 5.41) is 10.4. The van der Waals surface area contributed by atoms with Crippen molar-refractivity contribution >= 4 is 28.9 Å². The summed E-state index contributed by atoms with van der Waals surface area (Å²) in [7, 11) is 0. The lowest BCUT2D eigenvalue weighted by atomic mass is 10.5. The van der Waals surface area contributed by atoms with Crippen LogP contribution in [-0.4, -0.2) is 11.1 Å². The summed E-state index contributed by atoms with van der Waals surface area (Å²) in [5.41, 5.74) is 0. The summed E-state index contributed by atoms with van der Waals surface area (Å²) < 4.78 is 0. The molecule has 0 amide bonds. The molecule has 1 heterocycles. The normalized spacial score (nSPS) is 9.44. The predicted octanol–water partition coefficient (Wildman–Crippen LogP) is 2.10. The monoisotopic (exact) mass is 162 g/mol. The molecule has 1 aromatic rings. The molecule has 48 valence electrons. The molecule has 0 fully saturated rings. The maximum absolute atomic E-state index is 10.2. The van der Waals surface area contributed by atoms with E-state index in [1.165, 1.54) is 6.07 Å². The lowest BCUT2D eigenvalue weighted by molar-refractivity contribution is 0.0702. The van der Waals surface area contributed by atoms with Gasteiger partial charge in [-0.15, -0.1) is 11.3 Å². The van der Waals surface area contributed by atoms with Crippen LogP contribution in [0.4, 0.5) is 0 Å². The van der Waals surface area contributed by atoms with E-state index in [-0.39, 0.29) is 4.88 Å². The van der Waals surface area contributed by atoms with Crippen LogP contribution in [0.1, 0.15) is 9.67 Å². The zero-order valence-electron chi connectivity index (χ0n) is 4.30. The van der Waals surface area contributed by atoms with E-state index in [0.717, 1.165) is 11.3 Å². The Labute approximate surface area is 60.7 Å². The van der Waals surface area contributed by atoms with Crippen LogP contribution in [0, 0.1) is 0 Å². The van der Waals surface area contributed by atoms with Gasteiger partial charge in [-0.2, -0.15) is 0 Å². The minimum absolute atomic E-state index is 0.278. The highest BCUT2D eigenvalue weighted by Gasteiger charge is 2.03. The van der Waals surface area contributed by atoms with Gasteiger partial charge in [-0.3, -0.25) is 0 Å². The van der Waals surface area contributed by atoms with Crippen LogP contribution in [-0.2, 0) is 0 Å². The van der Waals surface area contributed by atoms with Crippen LogP contribution < -0.4 is 0 Å². The Kier molecular flexibility index (Phi) is 1.73. The molecule has 0 aliphatic carbocycles. The topological polar surface area (TPSA) is 37.3 Å². The van der Waals surface area contributed by atoms with Gasteiger partial charge in [0.1, 0.15) is 4.88 Å². The molecule has 0 radical (unpaired) electrons. The van der Waals surface area contributed by atoms with E-state index < -0.39 is 5.97 Å². The van der Waals surface area contributed by atoms with Gasteiger partial charge in [0, 0.05) is 5.38 Å². The van der Waals surface area contributed by atoms with E-state index in [4.69, 9.17) is 16.7 Å². The highest BCUT2D eigenvalue weighted by Crippen LogP contribution is 2.18. The molecule has 0 atom stereocenters. The highest BCUT2D eigenvalue weighted by atomic mass is 35.5. The molecule has 0 aromatic carbocycles. The van der Waals surface area contributed by atoms with Crippen molar-refractivity contribution < 1.29 is 9.90 Å². The summed E-state index contributed by atoms with van der Waals surface area (Å²) in [6, 6.07) is 1.43. The Bertz CT molecular complexity index is 231. The number of halogens is 1. The zero-order chi connectivity index (χ0) is 6.85. The average Bonchev–Trinajstić information content (AvgIpc) is 2.14. The third-order valence-electron chi connectivity index (χ3n) is 0.778. The summed E-state index contributed by atoms with van der Waals surface area (Å²) >= 11 is 6.58. The number of hydrogen-bond acceptors (Lipinski definition) is 2. The highest BCUT2D eigenvalue weighted by molar-refractivity contribution is 7.12. The van der Waals surface area contributed by atoms with Crippen molar-refractivity contribution in [2.45, 2.75) is 0 Å². The minimum Gasteiger partial charge on any atom is -0.477 e. The van der Waals surface area contributed by atoms with Gasteiger partial charge in [-0.05, 0) is 6.07 Å². The van der Waals surface area contributed by atoms with Gasteiger partial charge in [0.15, 0.2) is 0 Å². The first kappa shape index (κ1) is 6.58. The van der Waals surface area contributed by atoms with Gasteiger partial charge in [-0.1, -0.05) is 11.6 Å². The molecule has 0 spiro atoms. The first-order chi connectivity index (χ1) is 4.20. The first-order valence-corrected chi connectivity index (χ1v) is 3.43. The van der Waals surface area contributed by atoms with E-state index in [9.17, 15) is 4.79 Å². The van der Waals surface area contributed by atoms with Crippen LogP contribution in [0.3, 0.4) is 0 Å². The lowest BCUT2D eigenvalue weighted by Crippen LogP contribution is -1.89. The first-order valence-electron chi connectivity index (χ1n) is 2.17. The summed E-state index contributed by atoms with van der Waals surface area (Å²) in [5.74, 6) is -0.924. The lowest BCUT2D eigenvalue weighted by Gasteiger charge is -1.79. The van der Waals surface area contributed by atoms with E-state index in [0.29, 0.717) is 5.02 Å². The molecular weight excluding hydrogens is 160 g/mol. The second-order valence-electron chi connectivity index (χ2n) is 1.43. The number of carboxylic acid groups (broad SMARTS) is 1. The summed E-state index contributed by atoms with van der Waals surface area (Å²) in [6.07, 6.45) is 0. The van der Waals surface area contributed by atoms with E-state index in [1.807, 2.05) is 0 Å². The largest absolute Gasteiger partial charge is 0.477 e. The molecule has 2 nitrogen and oxygen atoms in total. The predicted molar refractivity (Wildman–Crippen MR) is 36.3 cm³/mol. The smallest absolute Gasteiger partial charge is 0.345 e. The molecule has 0 saturated carbocycles. The molecule has 1 aromatic heterocycles. The van der Waals surface area contributed by atoms with Crippen LogP contribution in [0.15, 0.2) is 11.4 Å². The fourth-order valence-electron chi connectivity index (χ4n) is 0.425. The Morgan fingerprint density at radius 2 is 2.44 bits per heavy atom. The van der Waals surface area contributed by atoms with Crippen LogP contribution in [0.25, 0.3) is 0 Å². The Morgan fingerprint density at radius 1 is 1.78 bits per heavy atom. The molecule has 1 N–H and O–H groups in total. The van der Waals surface area contributed by atoms with Crippen molar-refractivity contribution in [2.75, 3.05) is 0 Å². The number of carboxylic acids is 1. The SMILES string of the molecule is O=C(O)c1cc(Cl)cs1. The maximum atomic E-state index is 10.2. The average molecular weight is 163 g/mol. The number of carbonyl (C=O) groups is 1. The third-order valence-corrected chi connectivity index (χ3v) is 2.04. The van der Waals surface area contributed by atoms with Gasteiger partial charge in [0.05, 0.1) is 5.02 Å². The Morgan fingerprint density at radius 3 is 2.67 bits per heavy atom. The minimum atomic E-state index is -0.924. The quantitative estimate of drug-likeness (QED) is 0.687. The van der Waals surface area contributed by atoms with Crippen molar-refractivity contribution in [1.82, 2.24) is 0 Å². The Hall–Kier alpha value is -0.540. The van der Waals surface area contributed by atoms with Crippen molar-refractivity contribution in [3.63, 3.8) is 0 Å². The second-order valence-corrected chi connectivity index (χ2v) is 2.78. The zero-order valence-corrected chi connectivity index (χ0v) is 5.87. The maximum Gasteiger partial charge on any atom is 0.345 e. The molecular formula is C5H3ClO2S. The third kappa shape index (κ3) is 1.43. The van der Waals surface area contributed by atoms with Gasteiger partial charge in [0.25, 0.3) is 0 Å².